The van der Waals surface area contributed by atoms with Crippen molar-refractivity contribution in [1.29, 1.82) is 0 Å². The molecule has 0 amide bonds. The molecular formula is C12H22O2. The smallest absolute Gasteiger partial charge is 0.309 e. The maximum Gasteiger partial charge on any atom is 0.309 e. The van der Waals surface area contributed by atoms with Gasteiger partial charge in [0.2, 0.25) is 0 Å². The number of unbranched alkanes of at least 4 members (excludes halogenated alkanes) is 2. The van der Waals surface area contributed by atoms with Crippen molar-refractivity contribution in [2.24, 2.45) is 11.8 Å². The Morgan fingerprint density at radius 2 is 1.86 bits per heavy atom. The highest BCUT2D eigenvalue weighted by Gasteiger charge is 2.35. The van der Waals surface area contributed by atoms with Crippen molar-refractivity contribution in [2.75, 3.05) is 6.61 Å². The molecule has 1 rings (SSSR count). The number of hydrogen-bond acceptors (Lipinski definition) is 2. The van der Waals surface area contributed by atoms with Gasteiger partial charge in [-0.25, -0.2) is 0 Å². The highest BCUT2D eigenvalue weighted by molar-refractivity contribution is 5.74. The molecule has 2 nitrogen and oxygen atoms in total. The molecule has 1 heterocycles. The number of carbonyl (C=O) groups is 1. The van der Waals surface area contributed by atoms with Crippen LogP contribution in [0.15, 0.2) is 0 Å². The third kappa shape index (κ3) is 3.00. The molecule has 2 unspecified atom stereocenters. The number of carbonyl (C=O) groups excluding carboxylic acids is 1. The van der Waals surface area contributed by atoms with Crippen molar-refractivity contribution in [1.82, 2.24) is 0 Å². The minimum absolute atomic E-state index is 0.0551. The molecule has 14 heavy (non-hydrogen) atoms. The highest BCUT2D eigenvalue weighted by atomic mass is 16.5. The number of cyclic esters (lactones) is 1. The molecule has 2 atom stereocenters. The fourth-order valence-corrected chi connectivity index (χ4v) is 2.13. The maximum absolute atomic E-state index is 11.4. The molecular weight excluding hydrogens is 176 g/mol. The molecule has 0 N–H and O–H groups in total. The predicted octanol–water partition coefficient (Wildman–Crippen LogP) is 3.16. The Morgan fingerprint density at radius 1 is 1.21 bits per heavy atom. The van der Waals surface area contributed by atoms with Crippen LogP contribution in [0.4, 0.5) is 0 Å². The van der Waals surface area contributed by atoms with Crippen LogP contribution in [0, 0.1) is 11.8 Å². The minimum Gasteiger partial charge on any atom is -0.465 e. The topological polar surface area (TPSA) is 26.3 Å². The molecule has 1 saturated heterocycles. The van der Waals surface area contributed by atoms with Crippen LogP contribution in [-0.2, 0) is 9.53 Å². The molecule has 82 valence electrons. The van der Waals surface area contributed by atoms with Gasteiger partial charge >= 0.3 is 5.97 Å². The van der Waals surface area contributed by atoms with Crippen LogP contribution in [-0.4, -0.2) is 12.6 Å². The monoisotopic (exact) mass is 198 g/mol. The second-order valence-electron chi connectivity index (χ2n) is 4.28. The SMILES string of the molecule is CCCCC1COC(=O)C1CCCC. The molecule has 0 spiro atoms. The van der Waals surface area contributed by atoms with Gasteiger partial charge in [-0.05, 0) is 12.8 Å². The largest absolute Gasteiger partial charge is 0.465 e. The number of ether oxygens (including phenoxy) is 1. The molecule has 0 bridgehead atoms. The lowest BCUT2D eigenvalue weighted by Gasteiger charge is -2.13. The zero-order chi connectivity index (χ0) is 10.4. The van der Waals surface area contributed by atoms with Crippen LogP contribution < -0.4 is 0 Å². The summed E-state index contributed by atoms with van der Waals surface area (Å²) in [5.41, 5.74) is 0. The van der Waals surface area contributed by atoms with Crippen molar-refractivity contribution in [2.45, 2.75) is 52.4 Å². The number of rotatable bonds is 6. The van der Waals surface area contributed by atoms with E-state index < -0.39 is 0 Å². The van der Waals surface area contributed by atoms with Gasteiger partial charge in [-0.1, -0.05) is 39.5 Å². The van der Waals surface area contributed by atoms with E-state index in [1.54, 1.807) is 0 Å². The fraction of sp³-hybridized carbons (Fsp3) is 0.917. The quantitative estimate of drug-likeness (QED) is 0.613. The Kier molecular flexibility index (Phi) is 4.99. The molecule has 0 saturated carbocycles. The van der Waals surface area contributed by atoms with Gasteiger partial charge < -0.3 is 4.74 Å². The zero-order valence-electron chi connectivity index (χ0n) is 9.42. The summed E-state index contributed by atoms with van der Waals surface area (Å²) in [7, 11) is 0. The van der Waals surface area contributed by atoms with Crippen LogP contribution in [0.3, 0.4) is 0 Å². The first-order valence-electron chi connectivity index (χ1n) is 5.96. The van der Waals surface area contributed by atoms with Gasteiger partial charge in [-0.15, -0.1) is 0 Å². The summed E-state index contributed by atoms with van der Waals surface area (Å²) in [6.45, 7) is 5.03. The second kappa shape index (κ2) is 6.05. The van der Waals surface area contributed by atoms with E-state index in [1.165, 1.54) is 19.3 Å². The van der Waals surface area contributed by atoms with Gasteiger partial charge in [0.05, 0.1) is 12.5 Å². The van der Waals surface area contributed by atoms with Gasteiger partial charge in [0.25, 0.3) is 0 Å². The first kappa shape index (κ1) is 11.5. The van der Waals surface area contributed by atoms with E-state index >= 15 is 0 Å². The molecule has 1 aliphatic rings. The summed E-state index contributed by atoms with van der Waals surface area (Å²) in [6, 6.07) is 0. The molecule has 0 aliphatic carbocycles. The van der Waals surface area contributed by atoms with E-state index in [9.17, 15) is 4.79 Å². The van der Waals surface area contributed by atoms with E-state index in [0.717, 1.165) is 19.3 Å². The molecule has 1 aliphatic heterocycles. The molecule has 0 aromatic rings. The average Bonchev–Trinajstić information content (AvgIpc) is 2.53. The summed E-state index contributed by atoms with van der Waals surface area (Å²) in [4.78, 5) is 11.4. The second-order valence-corrected chi connectivity index (χ2v) is 4.28. The summed E-state index contributed by atoms with van der Waals surface area (Å²) in [6.07, 6.45) is 6.96. The third-order valence-corrected chi connectivity index (χ3v) is 3.11. The highest BCUT2D eigenvalue weighted by Crippen LogP contribution is 2.30. The molecule has 0 aromatic heterocycles. The first-order chi connectivity index (χ1) is 6.79. The van der Waals surface area contributed by atoms with Gasteiger partial charge in [0.15, 0.2) is 0 Å². The Balaban J connectivity index is 2.36. The third-order valence-electron chi connectivity index (χ3n) is 3.11. The fourth-order valence-electron chi connectivity index (χ4n) is 2.13. The molecule has 0 radical (unpaired) electrons. The van der Waals surface area contributed by atoms with Gasteiger partial charge in [-0.3, -0.25) is 4.79 Å². The zero-order valence-corrected chi connectivity index (χ0v) is 9.42. The van der Waals surface area contributed by atoms with Crippen molar-refractivity contribution < 1.29 is 9.53 Å². The van der Waals surface area contributed by atoms with E-state index in [2.05, 4.69) is 13.8 Å². The summed E-state index contributed by atoms with van der Waals surface area (Å²) >= 11 is 0. The van der Waals surface area contributed by atoms with Crippen LogP contribution in [0.25, 0.3) is 0 Å². The summed E-state index contributed by atoms with van der Waals surface area (Å²) < 4.78 is 5.13. The standard InChI is InChI=1S/C12H22O2/c1-3-5-7-10-9-14-12(13)11(10)8-6-4-2/h10-11H,3-9H2,1-2H3. The van der Waals surface area contributed by atoms with E-state index in [-0.39, 0.29) is 11.9 Å². The normalized spacial score (nSPS) is 26.6. The van der Waals surface area contributed by atoms with Crippen LogP contribution in [0.2, 0.25) is 0 Å². The lowest BCUT2D eigenvalue weighted by molar-refractivity contribution is -0.141. The van der Waals surface area contributed by atoms with E-state index in [4.69, 9.17) is 4.74 Å². The predicted molar refractivity (Wildman–Crippen MR) is 57.0 cm³/mol. The van der Waals surface area contributed by atoms with E-state index in [1.807, 2.05) is 0 Å². The molecule has 2 heteroatoms. The minimum atomic E-state index is 0.0551. The molecule has 0 aromatic carbocycles. The lowest BCUT2D eigenvalue weighted by atomic mass is 9.87. The summed E-state index contributed by atoms with van der Waals surface area (Å²) in [5.74, 6) is 0.773. The summed E-state index contributed by atoms with van der Waals surface area (Å²) in [5, 5.41) is 0. The van der Waals surface area contributed by atoms with Crippen molar-refractivity contribution in [3.8, 4) is 0 Å². The first-order valence-corrected chi connectivity index (χ1v) is 5.96. The van der Waals surface area contributed by atoms with Gasteiger partial charge in [-0.2, -0.15) is 0 Å². The Morgan fingerprint density at radius 3 is 2.50 bits per heavy atom. The Bertz CT molecular complexity index is 177. The number of esters is 1. The van der Waals surface area contributed by atoms with Crippen molar-refractivity contribution >= 4 is 5.97 Å². The van der Waals surface area contributed by atoms with Crippen LogP contribution >= 0.6 is 0 Å². The Labute approximate surface area is 87.0 Å². The van der Waals surface area contributed by atoms with E-state index in [0.29, 0.717) is 12.5 Å². The van der Waals surface area contributed by atoms with Gasteiger partial charge in [0, 0.05) is 5.92 Å². The molecule has 1 fully saturated rings. The maximum atomic E-state index is 11.4. The van der Waals surface area contributed by atoms with Crippen molar-refractivity contribution in [3.05, 3.63) is 0 Å². The van der Waals surface area contributed by atoms with Crippen LogP contribution in [0.1, 0.15) is 52.4 Å². The van der Waals surface area contributed by atoms with Crippen molar-refractivity contribution in [3.63, 3.8) is 0 Å². The average molecular weight is 198 g/mol. The lowest BCUT2D eigenvalue weighted by Crippen LogP contribution is -2.15. The van der Waals surface area contributed by atoms with Crippen LogP contribution in [0.5, 0.6) is 0 Å². The Hall–Kier alpha value is -0.530. The number of hydrogen-bond donors (Lipinski definition) is 0. The van der Waals surface area contributed by atoms with Gasteiger partial charge in [0.1, 0.15) is 0 Å².